The van der Waals surface area contributed by atoms with Crippen LogP contribution in [0.3, 0.4) is 0 Å². The third-order valence-corrected chi connectivity index (χ3v) is 4.49. The van der Waals surface area contributed by atoms with Crippen molar-refractivity contribution in [2.24, 2.45) is 0 Å². The lowest BCUT2D eigenvalue weighted by molar-refractivity contribution is 0.0747. The summed E-state index contributed by atoms with van der Waals surface area (Å²) >= 11 is 1.91. The highest BCUT2D eigenvalue weighted by atomic mass is 32.2. The molecule has 1 aromatic carbocycles. The molecule has 104 valence electrons. The van der Waals surface area contributed by atoms with Gasteiger partial charge in [-0.15, -0.1) is 0 Å². The summed E-state index contributed by atoms with van der Waals surface area (Å²) in [5, 5.41) is 0. The van der Waals surface area contributed by atoms with Crippen LogP contribution in [-0.4, -0.2) is 41.5 Å². The molecule has 0 spiro atoms. The van der Waals surface area contributed by atoms with E-state index in [2.05, 4.69) is 13.8 Å². The van der Waals surface area contributed by atoms with Gasteiger partial charge in [-0.2, -0.15) is 11.8 Å². The van der Waals surface area contributed by atoms with Crippen molar-refractivity contribution in [1.29, 1.82) is 0 Å². The number of nitrogens with zero attached hydrogens (tertiary/aromatic N) is 1. The molecule has 0 unspecified atom stereocenters. The average molecular weight is 280 g/mol. The summed E-state index contributed by atoms with van der Waals surface area (Å²) < 4.78 is 5.28. The first-order chi connectivity index (χ1) is 8.93. The van der Waals surface area contributed by atoms with Crippen LogP contribution in [0.2, 0.25) is 0 Å². The minimum Gasteiger partial charge on any atom is -0.495 e. The lowest BCUT2D eigenvalue weighted by atomic mass is 10.1. The largest absolute Gasteiger partial charge is 0.495 e. The molecule has 1 heterocycles. The van der Waals surface area contributed by atoms with Gasteiger partial charge in [-0.1, -0.05) is 0 Å². The molecule has 0 bridgehead atoms. The number of benzene rings is 1. The maximum absolute atomic E-state index is 12.5. The minimum atomic E-state index is 0.0478. The van der Waals surface area contributed by atoms with Gasteiger partial charge < -0.3 is 15.4 Å². The highest BCUT2D eigenvalue weighted by molar-refractivity contribution is 8.00. The van der Waals surface area contributed by atoms with Gasteiger partial charge in [0.25, 0.3) is 5.91 Å². The zero-order chi connectivity index (χ0) is 14.0. The molecular weight excluding hydrogens is 260 g/mol. The standard InChI is InChI=1S/C14H20N2O2S/c1-14(2)9-16(6-7-19-14)13(17)10-4-5-11(15)12(8-10)18-3/h4-5,8H,6-7,9,15H2,1-3H3. The first-order valence-electron chi connectivity index (χ1n) is 6.30. The Hall–Kier alpha value is -1.36. The van der Waals surface area contributed by atoms with Gasteiger partial charge in [0.15, 0.2) is 0 Å². The van der Waals surface area contributed by atoms with E-state index in [0.717, 1.165) is 18.8 Å². The predicted molar refractivity (Wildman–Crippen MR) is 79.8 cm³/mol. The third kappa shape index (κ3) is 3.15. The molecule has 1 amide bonds. The van der Waals surface area contributed by atoms with Crippen LogP contribution in [0.25, 0.3) is 0 Å². The summed E-state index contributed by atoms with van der Waals surface area (Å²) in [5.41, 5.74) is 6.95. The van der Waals surface area contributed by atoms with Gasteiger partial charge in [-0.25, -0.2) is 0 Å². The molecule has 5 heteroatoms. The molecule has 2 N–H and O–H groups in total. The number of hydrogen-bond acceptors (Lipinski definition) is 4. The number of nitrogens with two attached hydrogens (primary N) is 1. The molecule has 1 aliphatic rings. The number of hydrogen-bond donors (Lipinski definition) is 1. The molecule has 2 rings (SSSR count). The molecule has 0 atom stereocenters. The summed E-state index contributed by atoms with van der Waals surface area (Å²) in [6.07, 6.45) is 0. The second-order valence-corrected chi connectivity index (χ2v) is 7.09. The Kier molecular flexibility index (Phi) is 3.94. The maximum Gasteiger partial charge on any atom is 0.254 e. The second kappa shape index (κ2) is 5.33. The zero-order valence-corrected chi connectivity index (χ0v) is 12.4. The predicted octanol–water partition coefficient (Wildman–Crippen LogP) is 2.25. The molecule has 19 heavy (non-hydrogen) atoms. The van der Waals surface area contributed by atoms with Crippen molar-refractivity contribution in [2.75, 3.05) is 31.7 Å². The molecule has 1 saturated heterocycles. The number of thioether (sulfide) groups is 1. The minimum absolute atomic E-state index is 0.0478. The topological polar surface area (TPSA) is 55.6 Å². The van der Waals surface area contributed by atoms with Gasteiger partial charge in [0.05, 0.1) is 12.8 Å². The summed E-state index contributed by atoms with van der Waals surface area (Å²) in [7, 11) is 1.56. The number of carbonyl (C=O) groups is 1. The van der Waals surface area contributed by atoms with Crippen molar-refractivity contribution in [3.05, 3.63) is 23.8 Å². The summed E-state index contributed by atoms with van der Waals surface area (Å²) in [6, 6.07) is 5.19. The molecule has 1 fully saturated rings. The second-order valence-electron chi connectivity index (χ2n) is 5.29. The number of carbonyl (C=O) groups excluding carboxylic acids is 1. The Morgan fingerprint density at radius 2 is 2.21 bits per heavy atom. The van der Waals surface area contributed by atoms with Gasteiger partial charge >= 0.3 is 0 Å². The van der Waals surface area contributed by atoms with Crippen LogP contribution in [0.4, 0.5) is 5.69 Å². The fraction of sp³-hybridized carbons (Fsp3) is 0.500. The van der Waals surface area contributed by atoms with Crippen molar-refractivity contribution in [3.63, 3.8) is 0 Å². The van der Waals surface area contributed by atoms with E-state index in [1.165, 1.54) is 0 Å². The Bertz CT molecular complexity index is 488. The van der Waals surface area contributed by atoms with E-state index >= 15 is 0 Å². The van der Waals surface area contributed by atoms with Crippen molar-refractivity contribution in [1.82, 2.24) is 4.90 Å². The van der Waals surface area contributed by atoms with Crippen molar-refractivity contribution in [2.45, 2.75) is 18.6 Å². The van der Waals surface area contributed by atoms with Gasteiger partial charge in [0, 0.05) is 29.2 Å². The van der Waals surface area contributed by atoms with E-state index in [1.807, 2.05) is 16.7 Å². The Labute approximate surface area is 118 Å². The quantitative estimate of drug-likeness (QED) is 0.844. The van der Waals surface area contributed by atoms with Crippen molar-refractivity contribution >= 4 is 23.4 Å². The molecule has 0 aliphatic carbocycles. The van der Waals surface area contributed by atoms with Crippen LogP contribution in [0.1, 0.15) is 24.2 Å². The highest BCUT2D eigenvalue weighted by Gasteiger charge is 2.30. The maximum atomic E-state index is 12.5. The van der Waals surface area contributed by atoms with Gasteiger partial charge in [-0.3, -0.25) is 4.79 Å². The van der Waals surface area contributed by atoms with Crippen LogP contribution in [0, 0.1) is 0 Å². The highest BCUT2D eigenvalue weighted by Crippen LogP contribution is 2.31. The lowest BCUT2D eigenvalue weighted by Gasteiger charge is -2.37. The normalized spacial score (nSPS) is 18.2. The first-order valence-corrected chi connectivity index (χ1v) is 7.28. The Balaban J connectivity index is 2.19. The number of methoxy groups -OCH3 is 1. The Morgan fingerprint density at radius 1 is 1.47 bits per heavy atom. The average Bonchev–Trinajstić information content (AvgIpc) is 2.37. The fourth-order valence-electron chi connectivity index (χ4n) is 2.22. The Morgan fingerprint density at radius 3 is 2.84 bits per heavy atom. The van der Waals surface area contributed by atoms with Gasteiger partial charge in [0.1, 0.15) is 5.75 Å². The van der Waals surface area contributed by atoms with Crippen molar-refractivity contribution < 1.29 is 9.53 Å². The smallest absolute Gasteiger partial charge is 0.254 e. The number of anilines is 1. The summed E-state index contributed by atoms with van der Waals surface area (Å²) in [5.74, 6) is 1.58. The van der Waals surface area contributed by atoms with E-state index in [-0.39, 0.29) is 10.7 Å². The molecule has 4 nitrogen and oxygen atoms in total. The monoisotopic (exact) mass is 280 g/mol. The van der Waals surface area contributed by atoms with E-state index in [1.54, 1.807) is 25.3 Å². The number of rotatable bonds is 2. The van der Waals surface area contributed by atoms with Crippen LogP contribution < -0.4 is 10.5 Å². The van der Waals surface area contributed by atoms with Crippen LogP contribution in [-0.2, 0) is 0 Å². The number of nitrogen functional groups attached to an aromatic ring is 1. The van der Waals surface area contributed by atoms with Crippen molar-refractivity contribution in [3.8, 4) is 5.75 Å². The van der Waals surface area contributed by atoms with Crippen LogP contribution >= 0.6 is 11.8 Å². The third-order valence-electron chi connectivity index (χ3n) is 3.19. The molecule has 0 radical (unpaired) electrons. The van der Waals surface area contributed by atoms with E-state index in [0.29, 0.717) is 17.0 Å². The van der Waals surface area contributed by atoms with Gasteiger partial charge in [0.2, 0.25) is 0 Å². The van der Waals surface area contributed by atoms with Crippen LogP contribution in [0.15, 0.2) is 18.2 Å². The number of amides is 1. The van der Waals surface area contributed by atoms with E-state index in [4.69, 9.17) is 10.5 Å². The molecular formula is C14H20N2O2S. The van der Waals surface area contributed by atoms with E-state index < -0.39 is 0 Å². The SMILES string of the molecule is COc1cc(C(=O)N2CCSC(C)(C)C2)ccc1N. The van der Waals surface area contributed by atoms with E-state index in [9.17, 15) is 4.79 Å². The lowest BCUT2D eigenvalue weighted by Crippen LogP contribution is -2.46. The zero-order valence-electron chi connectivity index (χ0n) is 11.6. The fourth-order valence-corrected chi connectivity index (χ4v) is 3.33. The molecule has 1 aliphatic heterocycles. The first kappa shape index (κ1) is 14.1. The number of ether oxygens (including phenoxy) is 1. The molecule has 0 aromatic heterocycles. The molecule has 1 aromatic rings. The van der Waals surface area contributed by atoms with Crippen LogP contribution in [0.5, 0.6) is 5.75 Å². The summed E-state index contributed by atoms with van der Waals surface area (Å²) in [6.45, 7) is 5.89. The molecule has 0 saturated carbocycles. The van der Waals surface area contributed by atoms with Gasteiger partial charge in [-0.05, 0) is 32.0 Å². The summed E-state index contributed by atoms with van der Waals surface area (Å²) in [4.78, 5) is 14.4.